The molecule has 1 amide bonds. The molecule has 0 spiro atoms. The molecule has 29 heavy (non-hydrogen) atoms. The molecule has 4 heterocycles. The topological polar surface area (TPSA) is 80.3 Å². The van der Waals surface area contributed by atoms with Crippen molar-refractivity contribution in [3.8, 4) is 11.5 Å². The first-order valence-electron chi connectivity index (χ1n) is 9.88. The van der Waals surface area contributed by atoms with Gasteiger partial charge < -0.3 is 28.9 Å². The summed E-state index contributed by atoms with van der Waals surface area (Å²) in [5.74, 6) is 3.05. The minimum atomic E-state index is 0.0108. The highest BCUT2D eigenvalue weighted by molar-refractivity contribution is 5.95. The van der Waals surface area contributed by atoms with Crippen molar-refractivity contribution < 1.29 is 19.0 Å². The second kappa shape index (κ2) is 7.75. The Morgan fingerprint density at radius 2 is 1.45 bits per heavy atom. The van der Waals surface area contributed by atoms with E-state index in [1.165, 1.54) is 0 Å². The lowest BCUT2D eigenvalue weighted by Crippen LogP contribution is -2.49. The summed E-state index contributed by atoms with van der Waals surface area (Å²) in [4.78, 5) is 19.0. The molecule has 0 atom stereocenters. The Hall–Kier alpha value is -3.07. The standard InChI is InChI=1S/C20H23N5O4/c26-20(15-1-2-16-17(13-15)29-14-28-16)25-7-5-23(6-8-25)18-3-4-19(22-21-18)24-9-11-27-12-10-24/h1-4,13H,5-12,14H2. The normalized spacial score (nSPS) is 18.8. The van der Waals surface area contributed by atoms with Crippen LogP contribution >= 0.6 is 0 Å². The number of fused-ring (bicyclic) bond motifs is 1. The van der Waals surface area contributed by atoms with Gasteiger partial charge in [0, 0.05) is 44.8 Å². The SMILES string of the molecule is O=C(c1ccc2c(c1)OCO2)N1CCN(c2ccc(N3CCOCC3)nn2)CC1. The Labute approximate surface area is 168 Å². The number of rotatable bonds is 3. The van der Waals surface area contributed by atoms with Crippen LogP contribution in [0.2, 0.25) is 0 Å². The highest BCUT2D eigenvalue weighted by Crippen LogP contribution is 2.33. The molecule has 1 aromatic heterocycles. The number of anilines is 2. The highest BCUT2D eigenvalue weighted by Gasteiger charge is 2.25. The Bertz CT molecular complexity index is 877. The van der Waals surface area contributed by atoms with Gasteiger partial charge in [0.15, 0.2) is 23.1 Å². The van der Waals surface area contributed by atoms with Crippen molar-refractivity contribution >= 4 is 17.5 Å². The molecule has 5 rings (SSSR count). The average molecular weight is 397 g/mol. The van der Waals surface area contributed by atoms with Crippen molar-refractivity contribution in [1.82, 2.24) is 15.1 Å². The summed E-state index contributed by atoms with van der Waals surface area (Å²) in [7, 11) is 0. The molecule has 3 aliphatic heterocycles. The molecule has 9 heteroatoms. The maximum absolute atomic E-state index is 12.8. The van der Waals surface area contributed by atoms with E-state index in [0.29, 0.717) is 30.2 Å². The van der Waals surface area contributed by atoms with E-state index in [1.54, 1.807) is 18.2 Å². The first kappa shape index (κ1) is 18.0. The number of nitrogens with zero attached hydrogens (tertiary/aromatic N) is 5. The summed E-state index contributed by atoms with van der Waals surface area (Å²) >= 11 is 0. The number of morpholine rings is 1. The lowest BCUT2D eigenvalue weighted by molar-refractivity contribution is 0.0746. The van der Waals surface area contributed by atoms with E-state index in [-0.39, 0.29) is 12.7 Å². The second-order valence-corrected chi connectivity index (χ2v) is 7.20. The maximum Gasteiger partial charge on any atom is 0.254 e. The van der Waals surface area contributed by atoms with Gasteiger partial charge in [-0.15, -0.1) is 10.2 Å². The van der Waals surface area contributed by atoms with Crippen molar-refractivity contribution in [2.45, 2.75) is 0 Å². The van der Waals surface area contributed by atoms with E-state index < -0.39 is 0 Å². The van der Waals surface area contributed by atoms with Crippen LogP contribution in [0.25, 0.3) is 0 Å². The molecule has 9 nitrogen and oxygen atoms in total. The molecule has 0 N–H and O–H groups in total. The van der Waals surface area contributed by atoms with Crippen LogP contribution in [-0.4, -0.2) is 80.3 Å². The third-order valence-corrected chi connectivity index (χ3v) is 5.48. The van der Waals surface area contributed by atoms with Gasteiger partial charge in [-0.3, -0.25) is 4.79 Å². The van der Waals surface area contributed by atoms with Crippen molar-refractivity contribution in [1.29, 1.82) is 0 Å². The fourth-order valence-electron chi connectivity index (χ4n) is 3.80. The van der Waals surface area contributed by atoms with E-state index in [9.17, 15) is 4.79 Å². The Balaban J connectivity index is 1.19. The number of carbonyl (C=O) groups excluding carboxylic acids is 1. The number of piperazine rings is 1. The van der Waals surface area contributed by atoms with Crippen LogP contribution < -0.4 is 19.3 Å². The summed E-state index contributed by atoms with van der Waals surface area (Å²) in [5, 5.41) is 8.79. The number of carbonyl (C=O) groups is 1. The van der Waals surface area contributed by atoms with Crippen LogP contribution in [0.4, 0.5) is 11.6 Å². The lowest BCUT2D eigenvalue weighted by Gasteiger charge is -2.35. The van der Waals surface area contributed by atoms with Gasteiger partial charge in [-0.2, -0.15) is 0 Å². The quantitative estimate of drug-likeness (QED) is 0.759. The molecule has 2 aromatic rings. The molecule has 0 unspecified atom stereocenters. The van der Waals surface area contributed by atoms with Gasteiger partial charge in [0.25, 0.3) is 5.91 Å². The van der Waals surface area contributed by atoms with E-state index in [1.807, 2.05) is 17.0 Å². The molecule has 3 aliphatic rings. The summed E-state index contributed by atoms with van der Waals surface area (Å²) in [5.41, 5.74) is 0.623. The fourth-order valence-corrected chi connectivity index (χ4v) is 3.80. The minimum Gasteiger partial charge on any atom is -0.454 e. The van der Waals surface area contributed by atoms with Crippen LogP contribution in [0.5, 0.6) is 11.5 Å². The highest BCUT2D eigenvalue weighted by atomic mass is 16.7. The van der Waals surface area contributed by atoms with Crippen LogP contribution in [0.15, 0.2) is 30.3 Å². The first-order chi connectivity index (χ1) is 14.3. The molecule has 0 bridgehead atoms. The molecule has 0 saturated carbocycles. The lowest BCUT2D eigenvalue weighted by atomic mass is 10.1. The summed E-state index contributed by atoms with van der Waals surface area (Å²) in [6.45, 7) is 6.07. The van der Waals surface area contributed by atoms with Crippen molar-refractivity contribution in [3.63, 3.8) is 0 Å². The van der Waals surface area contributed by atoms with Gasteiger partial charge in [-0.1, -0.05) is 0 Å². The predicted octanol–water partition coefficient (Wildman–Crippen LogP) is 1.00. The largest absolute Gasteiger partial charge is 0.454 e. The summed E-state index contributed by atoms with van der Waals surface area (Å²) in [6, 6.07) is 9.35. The third-order valence-electron chi connectivity index (χ3n) is 5.48. The molecule has 1 aromatic carbocycles. The fraction of sp³-hybridized carbons (Fsp3) is 0.450. The van der Waals surface area contributed by atoms with Gasteiger partial charge in [-0.25, -0.2) is 0 Å². The van der Waals surface area contributed by atoms with Gasteiger partial charge in [0.2, 0.25) is 6.79 Å². The number of ether oxygens (including phenoxy) is 3. The zero-order valence-corrected chi connectivity index (χ0v) is 16.1. The monoisotopic (exact) mass is 397 g/mol. The summed E-state index contributed by atoms with van der Waals surface area (Å²) in [6.07, 6.45) is 0. The Morgan fingerprint density at radius 3 is 2.14 bits per heavy atom. The summed E-state index contributed by atoms with van der Waals surface area (Å²) < 4.78 is 16.1. The number of aromatic nitrogens is 2. The molecule has 2 saturated heterocycles. The molecular formula is C20H23N5O4. The number of benzene rings is 1. The van der Waals surface area contributed by atoms with Gasteiger partial charge >= 0.3 is 0 Å². The van der Waals surface area contributed by atoms with E-state index in [0.717, 1.165) is 51.0 Å². The zero-order valence-electron chi connectivity index (χ0n) is 16.1. The van der Waals surface area contributed by atoms with Crippen LogP contribution in [0, 0.1) is 0 Å². The van der Waals surface area contributed by atoms with Crippen molar-refractivity contribution in [3.05, 3.63) is 35.9 Å². The molecule has 2 fully saturated rings. The number of hydrogen-bond donors (Lipinski definition) is 0. The van der Waals surface area contributed by atoms with Gasteiger partial charge in [-0.05, 0) is 30.3 Å². The van der Waals surface area contributed by atoms with E-state index >= 15 is 0 Å². The number of hydrogen-bond acceptors (Lipinski definition) is 8. The van der Waals surface area contributed by atoms with Crippen LogP contribution in [0.1, 0.15) is 10.4 Å². The zero-order chi connectivity index (χ0) is 19.6. The Kier molecular flexibility index (Phi) is 4.81. The van der Waals surface area contributed by atoms with Crippen LogP contribution in [0.3, 0.4) is 0 Å². The van der Waals surface area contributed by atoms with Crippen LogP contribution in [-0.2, 0) is 4.74 Å². The van der Waals surface area contributed by atoms with E-state index in [2.05, 4.69) is 20.0 Å². The molecule has 0 aliphatic carbocycles. The maximum atomic E-state index is 12.8. The van der Waals surface area contributed by atoms with E-state index in [4.69, 9.17) is 14.2 Å². The third kappa shape index (κ3) is 3.65. The van der Waals surface area contributed by atoms with Crippen molar-refractivity contribution in [2.75, 3.05) is 69.1 Å². The predicted molar refractivity (Wildman–Crippen MR) is 106 cm³/mol. The molecule has 0 radical (unpaired) electrons. The smallest absolute Gasteiger partial charge is 0.254 e. The molecular weight excluding hydrogens is 374 g/mol. The minimum absolute atomic E-state index is 0.0108. The Morgan fingerprint density at radius 1 is 0.793 bits per heavy atom. The van der Waals surface area contributed by atoms with Gasteiger partial charge in [0.1, 0.15) is 0 Å². The average Bonchev–Trinajstić information content (AvgIpc) is 3.27. The number of amides is 1. The second-order valence-electron chi connectivity index (χ2n) is 7.20. The van der Waals surface area contributed by atoms with Crippen molar-refractivity contribution in [2.24, 2.45) is 0 Å². The van der Waals surface area contributed by atoms with Gasteiger partial charge in [0.05, 0.1) is 13.2 Å². The first-order valence-corrected chi connectivity index (χ1v) is 9.88. The molecule has 152 valence electrons.